The van der Waals surface area contributed by atoms with Gasteiger partial charge < -0.3 is 19.5 Å². The number of para-hydroxylation sites is 1. The van der Waals surface area contributed by atoms with Crippen molar-refractivity contribution in [2.75, 3.05) is 44.4 Å². The van der Waals surface area contributed by atoms with Gasteiger partial charge >= 0.3 is 0 Å². The Labute approximate surface area is 146 Å². The number of ether oxygens (including phenoxy) is 2. The molecule has 1 atom stereocenters. The number of rotatable bonds is 4. The lowest BCUT2D eigenvalue weighted by Crippen LogP contribution is -2.47. The molecule has 5 nitrogen and oxygen atoms in total. The number of anilines is 1. The minimum absolute atomic E-state index is 0.184. The first-order valence-corrected chi connectivity index (χ1v) is 8.50. The first kappa shape index (κ1) is 16.2. The molecule has 0 radical (unpaired) electrons. The minimum Gasteiger partial charge on any atom is -0.454 e. The van der Waals surface area contributed by atoms with Gasteiger partial charge in [-0.1, -0.05) is 18.2 Å². The molecule has 0 saturated carbocycles. The van der Waals surface area contributed by atoms with Crippen LogP contribution < -0.4 is 14.4 Å². The second-order valence-corrected chi connectivity index (χ2v) is 6.37. The molecule has 1 saturated heterocycles. The van der Waals surface area contributed by atoms with Gasteiger partial charge in [-0.3, -0.25) is 4.90 Å². The van der Waals surface area contributed by atoms with Crippen molar-refractivity contribution in [3.63, 3.8) is 0 Å². The number of benzene rings is 2. The third kappa shape index (κ3) is 3.41. The van der Waals surface area contributed by atoms with Gasteiger partial charge in [-0.15, -0.1) is 0 Å². The molecular weight excluding hydrogens is 323 g/mol. The summed E-state index contributed by atoms with van der Waals surface area (Å²) in [5, 5.41) is 10.5. The molecule has 1 N–H and O–H groups in total. The number of hydrogen-bond acceptors (Lipinski definition) is 5. The molecule has 2 aromatic rings. The van der Waals surface area contributed by atoms with Crippen LogP contribution in [0.1, 0.15) is 11.7 Å². The zero-order valence-corrected chi connectivity index (χ0v) is 13.9. The number of nitrogens with zero attached hydrogens (tertiary/aromatic N) is 2. The SMILES string of the molecule is OC(CN1CCN(c2ccccc2F)CC1)c1ccc2c(c1)OCO2. The molecule has 0 bridgehead atoms. The third-order valence-electron chi connectivity index (χ3n) is 4.78. The van der Waals surface area contributed by atoms with Crippen LogP contribution in [0.15, 0.2) is 42.5 Å². The Morgan fingerprint density at radius 3 is 2.56 bits per heavy atom. The zero-order valence-electron chi connectivity index (χ0n) is 13.9. The van der Waals surface area contributed by atoms with Crippen molar-refractivity contribution in [1.82, 2.24) is 4.90 Å². The van der Waals surface area contributed by atoms with Crippen molar-refractivity contribution in [3.8, 4) is 11.5 Å². The fourth-order valence-corrected chi connectivity index (χ4v) is 3.35. The van der Waals surface area contributed by atoms with E-state index < -0.39 is 6.10 Å². The van der Waals surface area contributed by atoms with Crippen molar-refractivity contribution in [2.24, 2.45) is 0 Å². The lowest BCUT2D eigenvalue weighted by atomic mass is 10.1. The van der Waals surface area contributed by atoms with E-state index in [1.54, 1.807) is 6.07 Å². The van der Waals surface area contributed by atoms with Gasteiger partial charge in [0.25, 0.3) is 0 Å². The van der Waals surface area contributed by atoms with Crippen LogP contribution >= 0.6 is 0 Å². The quantitative estimate of drug-likeness (QED) is 0.923. The van der Waals surface area contributed by atoms with E-state index >= 15 is 0 Å². The molecule has 0 amide bonds. The smallest absolute Gasteiger partial charge is 0.231 e. The Balaban J connectivity index is 1.35. The van der Waals surface area contributed by atoms with Crippen molar-refractivity contribution >= 4 is 5.69 Å². The Bertz CT molecular complexity index is 747. The largest absolute Gasteiger partial charge is 0.454 e. The minimum atomic E-state index is -0.588. The average molecular weight is 344 g/mol. The van der Waals surface area contributed by atoms with Crippen molar-refractivity contribution < 1.29 is 19.0 Å². The summed E-state index contributed by atoms with van der Waals surface area (Å²) in [7, 11) is 0. The average Bonchev–Trinajstić information content (AvgIpc) is 3.10. The van der Waals surface area contributed by atoms with E-state index in [4.69, 9.17) is 9.47 Å². The lowest BCUT2D eigenvalue weighted by molar-refractivity contribution is 0.109. The second kappa shape index (κ2) is 6.90. The standard InChI is InChI=1S/C19H21FN2O3/c20-15-3-1-2-4-16(15)22-9-7-21(8-10-22)12-17(23)14-5-6-18-19(11-14)25-13-24-18/h1-6,11,17,23H,7-10,12-13H2. The molecule has 2 aliphatic heterocycles. The van der Waals surface area contributed by atoms with Gasteiger partial charge in [0.2, 0.25) is 6.79 Å². The highest BCUT2D eigenvalue weighted by Crippen LogP contribution is 2.34. The summed E-state index contributed by atoms with van der Waals surface area (Å²) in [6.45, 7) is 3.84. The van der Waals surface area contributed by atoms with Crippen LogP contribution in [0.4, 0.5) is 10.1 Å². The highest BCUT2D eigenvalue weighted by atomic mass is 19.1. The van der Waals surface area contributed by atoms with Gasteiger partial charge in [0.05, 0.1) is 11.8 Å². The van der Waals surface area contributed by atoms with Crippen molar-refractivity contribution in [1.29, 1.82) is 0 Å². The maximum absolute atomic E-state index is 13.9. The van der Waals surface area contributed by atoms with Crippen LogP contribution in [0.2, 0.25) is 0 Å². The van der Waals surface area contributed by atoms with E-state index in [-0.39, 0.29) is 12.6 Å². The van der Waals surface area contributed by atoms with Crippen LogP contribution in [-0.2, 0) is 0 Å². The first-order valence-electron chi connectivity index (χ1n) is 8.50. The fraction of sp³-hybridized carbons (Fsp3) is 0.368. The molecule has 1 unspecified atom stereocenters. The highest BCUT2D eigenvalue weighted by molar-refractivity contribution is 5.48. The highest BCUT2D eigenvalue weighted by Gasteiger charge is 2.23. The number of fused-ring (bicyclic) bond motifs is 1. The number of aliphatic hydroxyl groups is 1. The van der Waals surface area contributed by atoms with Crippen LogP contribution in [0, 0.1) is 5.82 Å². The van der Waals surface area contributed by atoms with Gasteiger partial charge in [0.1, 0.15) is 5.82 Å². The molecule has 2 aliphatic rings. The monoisotopic (exact) mass is 344 g/mol. The molecule has 0 aliphatic carbocycles. The predicted octanol–water partition coefficient (Wildman–Crippen LogP) is 2.41. The topological polar surface area (TPSA) is 45.2 Å². The van der Waals surface area contributed by atoms with Crippen LogP contribution in [0.5, 0.6) is 11.5 Å². The second-order valence-electron chi connectivity index (χ2n) is 6.37. The number of hydrogen-bond donors (Lipinski definition) is 1. The summed E-state index contributed by atoms with van der Waals surface area (Å²) in [5.74, 6) is 1.21. The van der Waals surface area contributed by atoms with E-state index in [0.717, 1.165) is 37.5 Å². The summed E-state index contributed by atoms with van der Waals surface area (Å²) in [4.78, 5) is 4.26. The molecule has 0 aromatic heterocycles. The van der Waals surface area contributed by atoms with Crippen LogP contribution in [0.25, 0.3) is 0 Å². The zero-order chi connectivity index (χ0) is 17.2. The van der Waals surface area contributed by atoms with Crippen LogP contribution in [0.3, 0.4) is 0 Å². The van der Waals surface area contributed by atoms with Gasteiger partial charge in [-0.2, -0.15) is 0 Å². The maximum atomic E-state index is 13.9. The fourth-order valence-electron chi connectivity index (χ4n) is 3.35. The number of aliphatic hydroxyl groups excluding tert-OH is 1. The normalized spacial score (nSPS) is 18.4. The molecular formula is C19H21FN2O3. The maximum Gasteiger partial charge on any atom is 0.231 e. The molecule has 1 fully saturated rings. The first-order chi connectivity index (χ1) is 12.2. The molecule has 6 heteroatoms. The molecule has 132 valence electrons. The van der Waals surface area contributed by atoms with E-state index in [1.165, 1.54) is 6.07 Å². The third-order valence-corrected chi connectivity index (χ3v) is 4.78. The number of piperazine rings is 1. The van der Waals surface area contributed by atoms with Gasteiger partial charge in [0.15, 0.2) is 11.5 Å². The molecule has 2 aromatic carbocycles. The van der Waals surface area contributed by atoms with E-state index in [9.17, 15) is 9.50 Å². The Morgan fingerprint density at radius 2 is 1.76 bits per heavy atom. The Hall–Kier alpha value is -2.31. The summed E-state index contributed by atoms with van der Waals surface area (Å²) >= 11 is 0. The molecule has 4 rings (SSSR count). The molecule has 0 spiro atoms. The summed E-state index contributed by atoms with van der Waals surface area (Å²) in [6.07, 6.45) is -0.588. The van der Waals surface area contributed by atoms with E-state index in [0.29, 0.717) is 18.0 Å². The Morgan fingerprint density at radius 1 is 1.00 bits per heavy atom. The summed E-state index contributed by atoms with van der Waals surface area (Å²) in [5.41, 5.74) is 1.47. The molecule has 2 heterocycles. The lowest BCUT2D eigenvalue weighted by Gasteiger charge is -2.37. The summed E-state index contributed by atoms with van der Waals surface area (Å²) in [6, 6.07) is 12.4. The van der Waals surface area contributed by atoms with Crippen molar-refractivity contribution in [2.45, 2.75) is 6.10 Å². The van der Waals surface area contributed by atoms with E-state index in [1.807, 2.05) is 30.3 Å². The number of β-amino-alcohol motifs (C(OH)–C–C–N with tert-alkyl or cyclic N) is 1. The molecule has 25 heavy (non-hydrogen) atoms. The van der Waals surface area contributed by atoms with Gasteiger partial charge in [-0.25, -0.2) is 4.39 Å². The van der Waals surface area contributed by atoms with Gasteiger partial charge in [0, 0.05) is 32.7 Å². The summed E-state index contributed by atoms with van der Waals surface area (Å²) < 4.78 is 24.6. The van der Waals surface area contributed by atoms with Gasteiger partial charge in [-0.05, 0) is 29.8 Å². The van der Waals surface area contributed by atoms with Crippen LogP contribution in [-0.4, -0.2) is 49.5 Å². The Kier molecular flexibility index (Phi) is 4.46. The van der Waals surface area contributed by atoms with E-state index in [2.05, 4.69) is 9.80 Å². The number of halogens is 1. The predicted molar refractivity (Wildman–Crippen MR) is 92.6 cm³/mol. The van der Waals surface area contributed by atoms with Crippen molar-refractivity contribution in [3.05, 3.63) is 53.8 Å².